The van der Waals surface area contributed by atoms with Gasteiger partial charge in [-0.2, -0.15) is 0 Å². The molecule has 0 fully saturated rings. The van der Waals surface area contributed by atoms with Crippen molar-refractivity contribution >= 4 is 17.8 Å². The summed E-state index contributed by atoms with van der Waals surface area (Å²) >= 11 is 0. The number of carboxylic acid groups (broad SMARTS) is 1. The number of carboxylic acids is 1. The Labute approximate surface area is 115 Å². The molecule has 0 saturated carbocycles. The van der Waals surface area contributed by atoms with Gasteiger partial charge in [0.05, 0.1) is 0 Å². The lowest BCUT2D eigenvalue weighted by Crippen LogP contribution is -2.46. The molecule has 3 N–H and O–H groups in total. The first-order chi connectivity index (χ1) is 9.45. The lowest BCUT2D eigenvalue weighted by atomic mass is 10.1. The number of benzene rings is 1. The summed E-state index contributed by atoms with van der Waals surface area (Å²) in [5, 5.41) is 23.8. The van der Waals surface area contributed by atoms with Crippen LogP contribution in [0.15, 0.2) is 30.3 Å². The number of carbonyl (C=O) groups is 3. The molecule has 7 heteroatoms. The molecule has 2 amide bonds. The SMILES string of the molecule is C[C@H](NC(=O)[C@H](NC(=O)C[O])c1ccccc1)C(=O)O. The van der Waals surface area contributed by atoms with Crippen molar-refractivity contribution in [1.29, 1.82) is 0 Å². The van der Waals surface area contributed by atoms with Crippen LogP contribution in [0.3, 0.4) is 0 Å². The molecule has 0 aliphatic carbocycles. The van der Waals surface area contributed by atoms with E-state index in [1.54, 1.807) is 30.3 Å². The fourth-order valence-corrected chi connectivity index (χ4v) is 1.51. The molecule has 0 bridgehead atoms. The summed E-state index contributed by atoms with van der Waals surface area (Å²) in [4.78, 5) is 33.9. The summed E-state index contributed by atoms with van der Waals surface area (Å²) in [6.07, 6.45) is 0. The highest BCUT2D eigenvalue weighted by atomic mass is 16.4. The Bertz CT molecular complexity index is 489. The molecule has 2 atom stereocenters. The second kappa shape index (κ2) is 7.25. The van der Waals surface area contributed by atoms with Crippen LogP contribution < -0.4 is 10.6 Å². The average molecular weight is 279 g/mol. The molecule has 0 saturated heterocycles. The molecule has 7 nitrogen and oxygen atoms in total. The van der Waals surface area contributed by atoms with E-state index in [1.165, 1.54) is 6.92 Å². The quantitative estimate of drug-likeness (QED) is 0.672. The van der Waals surface area contributed by atoms with Gasteiger partial charge in [-0.1, -0.05) is 30.3 Å². The van der Waals surface area contributed by atoms with E-state index in [1.807, 2.05) is 0 Å². The van der Waals surface area contributed by atoms with Crippen molar-refractivity contribution in [3.63, 3.8) is 0 Å². The molecular formula is C13H15N2O5. The topological polar surface area (TPSA) is 115 Å². The third-order valence-electron chi connectivity index (χ3n) is 2.56. The van der Waals surface area contributed by atoms with Gasteiger partial charge in [-0.15, -0.1) is 0 Å². The first-order valence-electron chi connectivity index (χ1n) is 5.91. The van der Waals surface area contributed by atoms with E-state index in [0.717, 1.165) is 0 Å². The van der Waals surface area contributed by atoms with Gasteiger partial charge in [0.1, 0.15) is 12.1 Å². The van der Waals surface area contributed by atoms with Crippen LogP contribution in [0.2, 0.25) is 0 Å². The summed E-state index contributed by atoms with van der Waals surface area (Å²) in [7, 11) is 0. The summed E-state index contributed by atoms with van der Waals surface area (Å²) in [5.41, 5.74) is 0.462. The molecule has 107 valence electrons. The van der Waals surface area contributed by atoms with E-state index in [9.17, 15) is 19.5 Å². The van der Waals surface area contributed by atoms with Gasteiger partial charge >= 0.3 is 5.97 Å². The highest BCUT2D eigenvalue weighted by Gasteiger charge is 2.25. The fraction of sp³-hybridized carbons (Fsp3) is 0.308. The van der Waals surface area contributed by atoms with Gasteiger partial charge in [-0.05, 0) is 12.5 Å². The number of aliphatic carboxylic acids is 1. The Morgan fingerprint density at radius 2 is 1.75 bits per heavy atom. The lowest BCUT2D eigenvalue weighted by molar-refractivity contribution is -0.141. The first-order valence-corrected chi connectivity index (χ1v) is 5.91. The van der Waals surface area contributed by atoms with E-state index in [2.05, 4.69) is 10.6 Å². The zero-order valence-electron chi connectivity index (χ0n) is 10.8. The maximum absolute atomic E-state index is 12.0. The summed E-state index contributed by atoms with van der Waals surface area (Å²) in [6, 6.07) is 6.06. The zero-order chi connectivity index (χ0) is 15.1. The van der Waals surface area contributed by atoms with E-state index in [4.69, 9.17) is 5.11 Å². The lowest BCUT2D eigenvalue weighted by Gasteiger charge is -2.19. The van der Waals surface area contributed by atoms with Gasteiger partial charge in [0.2, 0.25) is 11.8 Å². The van der Waals surface area contributed by atoms with Gasteiger partial charge in [-0.25, -0.2) is 5.11 Å². The van der Waals surface area contributed by atoms with Gasteiger partial charge < -0.3 is 15.7 Å². The third kappa shape index (κ3) is 4.36. The smallest absolute Gasteiger partial charge is 0.325 e. The van der Waals surface area contributed by atoms with Crippen molar-refractivity contribution in [3.05, 3.63) is 35.9 Å². The minimum atomic E-state index is -1.19. The highest BCUT2D eigenvalue weighted by Crippen LogP contribution is 2.13. The Hall–Kier alpha value is -2.41. The number of rotatable bonds is 6. The predicted octanol–water partition coefficient (Wildman–Crippen LogP) is -0.136. The van der Waals surface area contributed by atoms with Crippen LogP contribution in [0, 0.1) is 0 Å². The van der Waals surface area contributed by atoms with Crippen LogP contribution in [0.25, 0.3) is 0 Å². The molecular weight excluding hydrogens is 264 g/mol. The molecule has 0 aromatic heterocycles. The van der Waals surface area contributed by atoms with Crippen molar-refractivity contribution in [2.24, 2.45) is 0 Å². The van der Waals surface area contributed by atoms with Crippen molar-refractivity contribution in [1.82, 2.24) is 10.6 Å². The number of amides is 2. The fourth-order valence-electron chi connectivity index (χ4n) is 1.51. The molecule has 0 spiro atoms. The maximum atomic E-state index is 12.0. The molecule has 1 aromatic carbocycles. The van der Waals surface area contributed by atoms with E-state index >= 15 is 0 Å². The van der Waals surface area contributed by atoms with Crippen molar-refractivity contribution < 1.29 is 24.6 Å². The minimum absolute atomic E-state index is 0.462. The molecule has 1 rings (SSSR count). The van der Waals surface area contributed by atoms with Gasteiger partial charge in [0.25, 0.3) is 0 Å². The molecule has 1 radical (unpaired) electrons. The number of carbonyl (C=O) groups excluding carboxylic acids is 2. The standard InChI is InChI=1S/C13H15N2O5/c1-8(13(19)20)14-12(18)11(15-10(17)7-16)9-5-3-2-4-6-9/h2-6,8,11H,7H2,1H3,(H,14,18)(H,15,17)(H,19,20)/t8-,11+/m0/s1. The second-order valence-electron chi connectivity index (χ2n) is 4.12. The number of nitrogens with one attached hydrogen (secondary N) is 2. The minimum Gasteiger partial charge on any atom is -0.480 e. The van der Waals surface area contributed by atoms with E-state index in [-0.39, 0.29) is 0 Å². The summed E-state index contributed by atoms with van der Waals surface area (Å²) < 4.78 is 0. The molecule has 0 heterocycles. The maximum Gasteiger partial charge on any atom is 0.325 e. The van der Waals surface area contributed by atoms with Crippen LogP contribution >= 0.6 is 0 Å². The zero-order valence-corrected chi connectivity index (χ0v) is 10.8. The van der Waals surface area contributed by atoms with Gasteiger partial charge in [0.15, 0.2) is 6.61 Å². The van der Waals surface area contributed by atoms with Crippen LogP contribution in [0.5, 0.6) is 0 Å². The Morgan fingerprint density at radius 3 is 2.25 bits per heavy atom. The van der Waals surface area contributed by atoms with Crippen LogP contribution in [0.1, 0.15) is 18.5 Å². The summed E-state index contributed by atoms with van der Waals surface area (Å²) in [5.74, 6) is -2.72. The van der Waals surface area contributed by atoms with Crippen LogP contribution in [-0.2, 0) is 19.5 Å². The Morgan fingerprint density at radius 1 is 1.15 bits per heavy atom. The number of hydrogen-bond acceptors (Lipinski definition) is 3. The molecule has 1 aromatic rings. The monoisotopic (exact) mass is 279 g/mol. The highest BCUT2D eigenvalue weighted by molar-refractivity contribution is 5.91. The average Bonchev–Trinajstić information content (AvgIpc) is 2.44. The molecule has 0 aliphatic heterocycles. The van der Waals surface area contributed by atoms with Crippen molar-refractivity contribution in [2.75, 3.05) is 6.61 Å². The molecule has 0 unspecified atom stereocenters. The van der Waals surface area contributed by atoms with E-state index < -0.39 is 36.5 Å². The first kappa shape index (κ1) is 15.6. The predicted molar refractivity (Wildman–Crippen MR) is 68.1 cm³/mol. The summed E-state index contributed by atoms with van der Waals surface area (Å²) in [6.45, 7) is 0.294. The molecule has 20 heavy (non-hydrogen) atoms. The van der Waals surface area contributed by atoms with Gasteiger partial charge in [0, 0.05) is 0 Å². The van der Waals surface area contributed by atoms with Crippen molar-refractivity contribution in [2.45, 2.75) is 19.0 Å². The van der Waals surface area contributed by atoms with E-state index in [0.29, 0.717) is 5.56 Å². The normalized spacial score (nSPS) is 13.1. The van der Waals surface area contributed by atoms with Crippen molar-refractivity contribution in [3.8, 4) is 0 Å². The number of hydrogen-bond donors (Lipinski definition) is 3. The van der Waals surface area contributed by atoms with Gasteiger partial charge in [-0.3, -0.25) is 14.4 Å². The van der Waals surface area contributed by atoms with Crippen LogP contribution in [-0.4, -0.2) is 35.5 Å². The largest absolute Gasteiger partial charge is 0.480 e. The Balaban J connectivity index is 2.90. The third-order valence-corrected chi connectivity index (χ3v) is 2.56. The second-order valence-corrected chi connectivity index (χ2v) is 4.12. The Kier molecular flexibility index (Phi) is 5.67. The van der Waals surface area contributed by atoms with Crippen LogP contribution in [0.4, 0.5) is 0 Å². The molecule has 0 aliphatic rings.